The molecule has 3 N–H and O–H groups in total. The van der Waals surface area contributed by atoms with Gasteiger partial charge in [-0.1, -0.05) is 0 Å². The molecule has 0 atom stereocenters. The third-order valence-corrected chi connectivity index (χ3v) is 5.12. The zero-order valence-corrected chi connectivity index (χ0v) is 18.8. The lowest BCUT2D eigenvalue weighted by atomic mass is 10.1. The molecule has 2 aromatic rings. The Balaban J connectivity index is 1.42. The number of rotatable bonds is 10. The average molecular weight is 455 g/mol. The molecule has 2 aromatic carbocycles. The fourth-order valence-corrected chi connectivity index (χ4v) is 3.29. The summed E-state index contributed by atoms with van der Waals surface area (Å²) in [4.78, 5) is 38.6. The average Bonchev–Trinajstić information content (AvgIpc) is 2.86. The van der Waals surface area contributed by atoms with E-state index in [2.05, 4.69) is 16.0 Å². The predicted molar refractivity (Wildman–Crippen MR) is 126 cm³/mol. The van der Waals surface area contributed by atoms with E-state index in [9.17, 15) is 14.4 Å². The first-order chi connectivity index (χ1) is 16.1. The molecule has 0 spiro atoms. The first-order valence-corrected chi connectivity index (χ1v) is 10.9. The summed E-state index contributed by atoms with van der Waals surface area (Å²) in [5, 5.41) is 8.66. The molecule has 9 nitrogen and oxygen atoms in total. The van der Waals surface area contributed by atoms with Crippen LogP contribution in [0.4, 0.5) is 11.4 Å². The van der Waals surface area contributed by atoms with Crippen molar-refractivity contribution in [2.45, 2.75) is 6.42 Å². The van der Waals surface area contributed by atoms with Gasteiger partial charge in [0.25, 0.3) is 11.8 Å². The highest BCUT2D eigenvalue weighted by Crippen LogP contribution is 2.13. The van der Waals surface area contributed by atoms with Gasteiger partial charge >= 0.3 is 0 Å². The van der Waals surface area contributed by atoms with E-state index >= 15 is 0 Å². The molecule has 176 valence electrons. The van der Waals surface area contributed by atoms with E-state index in [1.165, 1.54) is 0 Å². The summed E-state index contributed by atoms with van der Waals surface area (Å²) in [5.74, 6) is -0.405. The molecule has 1 saturated heterocycles. The van der Waals surface area contributed by atoms with Gasteiger partial charge in [-0.3, -0.25) is 14.4 Å². The fraction of sp³-hybridized carbons (Fsp3) is 0.375. The zero-order chi connectivity index (χ0) is 23.5. The Kier molecular flexibility index (Phi) is 9.22. The molecule has 1 aliphatic rings. The van der Waals surface area contributed by atoms with E-state index in [-0.39, 0.29) is 24.3 Å². The standard InChI is InChI=1S/C24H30N4O5/c1-32-14-2-11-25-23(30)18-3-7-20(8-4-18)26-17-22(29)27-21-9-5-19(6-10-21)24(31)28-12-15-33-16-13-28/h3-10,26H,2,11-17H2,1H3,(H,25,30)(H,27,29). The van der Waals surface area contributed by atoms with Gasteiger partial charge in [0.1, 0.15) is 0 Å². The van der Waals surface area contributed by atoms with Gasteiger partial charge in [0.15, 0.2) is 0 Å². The summed E-state index contributed by atoms with van der Waals surface area (Å²) in [6.07, 6.45) is 0.754. The Labute approximate surface area is 193 Å². The summed E-state index contributed by atoms with van der Waals surface area (Å²) in [6.45, 7) is 3.50. The summed E-state index contributed by atoms with van der Waals surface area (Å²) in [7, 11) is 1.62. The molecule has 0 bridgehead atoms. The Morgan fingerprint density at radius 2 is 1.58 bits per heavy atom. The van der Waals surface area contributed by atoms with Crippen molar-refractivity contribution in [3.63, 3.8) is 0 Å². The fourth-order valence-electron chi connectivity index (χ4n) is 3.29. The highest BCUT2D eigenvalue weighted by molar-refractivity contribution is 5.97. The number of nitrogens with zero attached hydrogens (tertiary/aromatic N) is 1. The number of hydrogen-bond donors (Lipinski definition) is 3. The number of carbonyl (C=O) groups excluding carboxylic acids is 3. The maximum atomic E-state index is 12.5. The number of morpholine rings is 1. The van der Waals surface area contributed by atoms with Crippen LogP contribution in [0.2, 0.25) is 0 Å². The van der Waals surface area contributed by atoms with Crippen LogP contribution in [0.15, 0.2) is 48.5 Å². The molecule has 1 aliphatic heterocycles. The van der Waals surface area contributed by atoms with Crippen molar-refractivity contribution in [3.05, 3.63) is 59.7 Å². The Morgan fingerprint density at radius 3 is 2.24 bits per heavy atom. The third-order valence-electron chi connectivity index (χ3n) is 5.12. The van der Waals surface area contributed by atoms with Gasteiger partial charge in [0, 0.05) is 55.9 Å². The van der Waals surface area contributed by atoms with Crippen LogP contribution >= 0.6 is 0 Å². The topological polar surface area (TPSA) is 109 Å². The van der Waals surface area contributed by atoms with E-state index in [4.69, 9.17) is 9.47 Å². The number of anilines is 2. The molecule has 3 amide bonds. The quantitative estimate of drug-likeness (QED) is 0.474. The summed E-state index contributed by atoms with van der Waals surface area (Å²) < 4.78 is 10.2. The minimum absolute atomic E-state index is 0.0371. The third kappa shape index (κ3) is 7.58. The zero-order valence-electron chi connectivity index (χ0n) is 18.8. The van der Waals surface area contributed by atoms with E-state index < -0.39 is 0 Å². The maximum Gasteiger partial charge on any atom is 0.254 e. The van der Waals surface area contributed by atoms with E-state index in [0.717, 1.165) is 12.1 Å². The van der Waals surface area contributed by atoms with Crippen LogP contribution in [0.25, 0.3) is 0 Å². The monoisotopic (exact) mass is 454 g/mol. The van der Waals surface area contributed by atoms with E-state index in [0.29, 0.717) is 56.3 Å². The lowest BCUT2D eigenvalue weighted by molar-refractivity contribution is -0.114. The number of nitrogens with one attached hydrogen (secondary N) is 3. The van der Waals surface area contributed by atoms with Crippen LogP contribution in [0.3, 0.4) is 0 Å². The highest BCUT2D eigenvalue weighted by atomic mass is 16.5. The maximum absolute atomic E-state index is 12.5. The number of carbonyl (C=O) groups is 3. The van der Waals surface area contributed by atoms with Crippen LogP contribution in [0.1, 0.15) is 27.1 Å². The van der Waals surface area contributed by atoms with Gasteiger partial charge in [0.2, 0.25) is 5.91 Å². The Bertz CT molecular complexity index is 925. The number of ether oxygens (including phenoxy) is 2. The lowest BCUT2D eigenvalue weighted by Gasteiger charge is -2.26. The van der Waals surface area contributed by atoms with Gasteiger partial charge in [-0.2, -0.15) is 0 Å². The van der Waals surface area contributed by atoms with Crippen molar-refractivity contribution in [3.8, 4) is 0 Å². The Hall–Kier alpha value is -3.43. The predicted octanol–water partition coefficient (Wildman–Crippen LogP) is 1.98. The van der Waals surface area contributed by atoms with Crippen molar-refractivity contribution >= 4 is 29.1 Å². The number of amides is 3. The molecule has 3 rings (SSSR count). The van der Waals surface area contributed by atoms with Crippen LogP contribution in [-0.2, 0) is 14.3 Å². The van der Waals surface area contributed by atoms with Crippen molar-refractivity contribution in [1.29, 1.82) is 0 Å². The smallest absolute Gasteiger partial charge is 0.254 e. The first kappa shape index (κ1) is 24.2. The SMILES string of the molecule is COCCCNC(=O)c1ccc(NCC(=O)Nc2ccc(C(=O)N3CCOCC3)cc2)cc1. The van der Waals surface area contributed by atoms with Crippen LogP contribution in [0, 0.1) is 0 Å². The van der Waals surface area contributed by atoms with Crippen molar-refractivity contribution in [1.82, 2.24) is 10.2 Å². The summed E-state index contributed by atoms with van der Waals surface area (Å²) in [6, 6.07) is 13.8. The van der Waals surface area contributed by atoms with Crippen molar-refractivity contribution in [2.75, 3.05) is 63.7 Å². The molecule has 1 fully saturated rings. The van der Waals surface area contributed by atoms with Gasteiger partial charge in [-0.15, -0.1) is 0 Å². The molecule has 0 unspecified atom stereocenters. The largest absolute Gasteiger partial charge is 0.385 e. The van der Waals surface area contributed by atoms with Crippen molar-refractivity contribution < 1.29 is 23.9 Å². The Morgan fingerprint density at radius 1 is 0.939 bits per heavy atom. The second-order valence-electron chi connectivity index (χ2n) is 7.56. The minimum Gasteiger partial charge on any atom is -0.385 e. The lowest BCUT2D eigenvalue weighted by Crippen LogP contribution is -2.40. The van der Waals surface area contributed by atoms with Gasteiger partial charge in [-0.25, -0.2) is 0 Å². The van der Waals surface area contributed by atoms with E-state index in [1.807, 2.05) is 0 Å². The number of hydrogen-bond acceptors (Lipinski definition) is 6. The molecule has 9 heteroatoms. The second-order valence-corrected chi connectivity index (χ2v) is 7.56. The van der Waals surface area contributed by atoms with E-state index in [1.54, 1.807) is 60.5 Å². The van der Waals surface area contributed by atoms with Gasteiger partial charge in [-0.05, 0) is 55.0 Å². The minimum atomic E-state index is -0.220. The molecular weight excluding hydrogens is 424 g/mol. The summed E-state index contributed by atoms with van der Waals surface area (Å²) >= 11 is 0. The van der Waals surface area contributed by atoms with Gasteiger partial charge < -0.3 is 30.3 Å². The number of benzene rings is 2. The highest BCUT2D eigenvalue weighted by Gasteiger charge is 2.18. The molecule has 0 radical (unpaired) electrons. The normalized spacial score (nSPS) is 13.3. The van der Waals surface area contributed by atoms with Gasteiger partial charge in [0.05, 0.1) is 19.8 Å². The first-order valence-electron chi connectivity index (χ1n) is 10.9. The molecule has 0 saturated carbocycles. The molecular formula is C24H30N4O5. The van der Waals surface area contributed by atoms with Crippen LogP contribution in [0.5, 0.6) is 0 Å². The van der Waals surface area contributed by atoms with Crippen LogP contribution < -0.4 is 16.0 Å². The van der Waals surface area contributed by atoms with Crippen molar-refractivity contribution in [2.24, 2.45) is 0 Å². The molecule has 0 aliphatic carbocycles. The summed E-state index contributed by atoms with van der Waals surface area (Å²) in [5.41, 5.74) is 2.47. The number of methoxy groups -OCH3 is 1. The molecule has 33 heavy (non-hydrogen) atoms. The van der Waals surface area contributed by atoms with Crippen LogP contribution in [-0.4, -0.2) is 75.7 Å². The molecule has 0 aromatic heterocycles. The second kappa shape index (κ2) is 12.6. The molecule has 1 heterocycles.